The molecule has 0 spiro atoms. The molecule has 7 nitrogen and oxygen atoms in total. The number of carbonyl (C=O) groups excluding carboxylic acids is 2. The highest BCUT2D eigenvalue weighted by Crippen LogP contribution is 2.12. The van der Waals surface area contributed by atoms with Gasteiger partial charge in [0.2, 0.25) is 11.8 Å². The Kier molecular flexibility index (Phi) is 7.77. The molecule has 1 aromatic rings. The van der Waals surface area contributed by atoms with Crippen LogP contribution in [-0.4, -0.2) is 73.6 Å². The van der Waals surface area contributed by atoms with Gasteiger partial charge in [0.05, 0.1) is 26.3 Å². The number of nitrogens with one attached hydrogen (secondary N) is 2. The van der Waals surface area contributed by atoms with Crippen molar-refractivity contribution in [3.63, 3.8) is 0 Å². The van der Waals surface area contributed by atoms with Crippen molar-refractivity contribution in [1.29, 1.82) is 0 Å². The number of nitrogens with zero attached hydrogens (tertiary/aromatic N) is 2. The Morgan fingerprint density at radius 2 is 1.67 bits per heavy atom. The minimum Gasteiger partial charge on any atom is -0.379 e. The zero-order valence-corrected chi connectivity index (χ0v) is 16.9. The van der Waals surface area contributed by atoms with Gasteiger partial charge < -0.3 is 15.4 Å². The molecule has 27 heavy (non-hydrogen) atoms. The highest BCUT2D eigenvalue weighted by molar-refractivity contribution is 5.92. The number of ether oxygens (including phenoxy) is 1. The Labute approximate surface area is 162 Å². The van der Waals surface area contributed by atoms with E-state index >= 15 is 0 Å². The summed E-state index contributed by atoms with van der Waals surface area (Å²) in [6, 6.07) is 7.90. The van der Waals surface area contributed by atoms with Crippen LogP contribution in [0.3, 0.4) is 0 Å². The molecule has 1 saturated heterocycles. The van der Waals surface area contributed by atoms with Gasteiger partial charge in [0, 0.05) is 30.9 Å². The minimum atomic E-state index is -0.275. The number of likely N-dealkylation sites (N-methyl/N-ethyl adjacent to an activating group) is 1. The Bertz CT molecular complexity index is 619. The van der Waals surface area contributed by atoms with E-state index in [1.54, 1.807) is 11.9 Å². The molecule has 1 aliphatic heterocycles. The second-order valence-corrected chi connectivity index (χ2v) is 8.10. The molecule has 1 aliphatic rings. The molecule has 7 heteroatoms. The third-order valence-electron chi connectivity index (χ3n) is 4.09. The fourth-order valence-corrected chi connectivity index (χ4v) is 2.92. The quantitative estimate of drug-likeness (QED) is 0.751. The summed E-state index contributed by atoms with van der Waals surface area (Å²) in [6.45, 7) is 10.5. The van der Waals surface area contributed by atoms with Crippen LogP contribution in [0, 0.1) is 0 Å². The van der Waals surface area contributed by atoms with Gasteiger partial charge in [0.1, 0.15) is 0 Å². The van der Waals surface area contributed by atoms with Crippen molar-refractivity contribution in [2.75, 3.05) is 51.8 Å². The molecule has 2 N–H and O–H groups in total. The monoisotopic (exact) mass is 376 g/mol. The van der Waals surface area contributed by atoms with E-state index in [1.165, 1.54) is 5.56 Å². The molecule has 1 fully saturated rings. The molecular weight excluding hydrogens is 344 g/mol. The number of hydrogen-bond acceptors (Lipinski definition) is 5. The van der Waals surface area contributed by atoms with Crippen LogP contribution in [0.5, 0.6) is 0 Å². The SMILES string of the molecule is CN(CC(=O)Nc1ccc(CN2CCOCC2)cc1)CC(=O)NC(C)(C)C. The fourth-order valence-electron chi connectivity index (χ4n) is 2.92. The highest BCUT2D eigenvalue weighted by atomic mass is 16.5. The molecule has 0 aromatic heterocycles. The Morgan fingerprint density at radius 3 is 2.26 bits per heavy atom. The van der Waals surface area contributed by atoms with E-state index in [0.717, 1.165) is 38.5 Å². The lowest BCUT2D eigenvalue weighted by molar-refractivity contribution is -0.124. The van der Waals surface area contributed by atoms with E-state index in [0.29, 0.717) is 0 Å². The van der Waals surface area contributed by atoms with Crippen LogP contribution in [0.1, 0.15) is 26.3 Å². The normalized spacial score (nSPS) is 15.6. The molecule has 0 radical (unpaired) electrons. The standard InChI is InChI=1S/C20H32N4O3/c1-20(2,3)22-19(26)15-23(4)14-18(25)21-17-7-5-16(6-8-17)13-24-9-11-27-12-10-24/h5-8H,9-15H2,1-4H3,(H,21,25)(H,22,26). The van der Waals surface area contributed by atoms with Gasteiger partial charge in [-0.05, 0) is 45.5 Å². The molecule has 150 valence electrons. The van der Waals surface area contributed by atoms with Crippen molar-refractivity contribution in [3.05, 3.63) is 29.8 Å². The van der Waals surface area contributed by atoms with E-state index in [9.17, 15) is 9.59 Å². The fraction of sp³-hybridized carbons (Fsp3) is 0.600. The third kappa shape index (κ3) is 8.51. The number of morpholine rings is 1. The second kappa shape index (κ2) is 9.82. The maximum atomic E-state index is 12.2. The van der Waals surface area contributed by atoms with Gasteiger partial charge in [-0.1, -0.05) is 12.1 Å². The van der Waals surface area contributed by atoms with Gasteiger partial charge in [-0.25, -0.2) is 0 Å². The summed E-state index contributed by atoms with van der Waals surface area (Å²) in [6.07, 6.45) is 0. The Balaban J connectivity index is 1.75. The van der Waals surface area contributed by atoms with Gasteiger partial charge in [-0.15, -0.1) is 0 Å². The van der Waals surface area contributed by atoms with Crippen LogP contribution in [0.25, 0.3) is 0 Å². The summed E-state index contributed by atoms with van der Waals surface area (Å²) in [4.78, 5) is 28.2. The zero-order chi connectivity index (χ0) is 19.9. The molecule has 0 bridgehead atoms. The summed E-state index contributed by atoms with van der Waals surface area (Å²) in [7, 11) is 1.76. The second-order valence-electron chi connectivity index (χ2n) is 8.10. The molecule has 2 rings (SSSR count). The molecule has 0 saturated carbocycles. The summed E-state index contributed by atoms with van der Waals surface area (Å²) in [5, 5.41) is 5.77. The zero-order valence-electron chi connectivity index (χ0n) is 16.9. The number of hydrogen-bond donors (Lipinski definition) is 2. The van der Waals surface area contributed by atoms with E-state index in [2.05, 4.69) is 15.5 Å². The van der Waals surface area contributed by atoms with E-state index in [4.69, 9.17) is 4.74 Å². The molecule has 0 aliphatic carbocycles. The van der Waals surface area contributed by atoms with Crippen molar-refractivity contribution in [2.24, 2.45) is 0 Å². The Hall–Kier alpha value is -1.96. The van der Waals surface area contributed by atoms with Gasteiger partial charge in [0.25, 0.3) is 0 Å². The lowest BCUT2D eigenvalue weighted by Crippen LogP contribution is -2.46. The molecule has 0 atom stereocenters. The minimum absolute atomic E-state index is 0.0923. The van der Waals surface area contributed by atoms with Crippen LogP contribution < -0.4 is 10.6 Å². The molecule has 1 heterocycles. The first-order chi connectivity index (χ1) is 12.7. The molecule has 2 amide bonds. The summed E-state index contributed by atoms with van der Waals surface area (Å²) in [5.41, 5.74) is 1.70. The molecule has 1 aromatic carbocycles. The first-order valence-electron chi connectivity index (χ1n) is 9.40. The average molecular weight is 377 g/mol. The number of rotatable bonds is 7. The first-order valence-corrected chi connectivity index (χ1v) is 9.40. The molecular formula is C20H32N4O3. The van der Waals surface area contributed by atoms with E-state index in [1.807, 2.05) is 45.0 Å². The number of amides is 2. The van der Waals surface area contributed by atoms with E-state index in [-0.39, 0.29) is 30.4 Å². The number of carbonyl (C=O) groups is 2. The maximum Gasteiger partial charge on any atom is 0.238 e. The van der Waals surface area contributed by atoms with Gasteiger partial charge in [-0.2, -0.15) is 0 Å². The van der Waals surface area contributed by atoms with Crippen molar-refractivity contribution in [1.82, 2.24) is 15.1 Å². The summed E-state index contributed by atoms with van der Waals surface area (Å²) < 4.78 is 5.36. The predicted octanol–water partition coefficient (Wildman–Crippen LogP) is 1.30. The van der Waals surface area contributed by atoms with Crippen LogP contribution in [0.15, 0.2) is 24.3 Å². The van der Waals surface area contributed by atoms with Crippen molar-refractivity contribution >= 4 is 17.5 Å². The predicted molar refractivity (Wildman–Crippen MR) is 107 cm³/mol. The Morgan fingerprint density at radius 1 is 1.07 bits per heavy atom. The lowest BCUT2D eigenvalue weighted by atomic mass is 10.1. The van der Waals surface area contributed by atoms with Gasteiger partial charge >= 0.3 is 0 Å². The van der Waals surface area contributed by atoms with Crippen molar-refractivity contribution in [3.8, 4) is 0 Å². The first kappa shape index (κ1) is 21.3. The molecule has 0 unspecified atom stereocenters. The van der Waals surface area contributed by atoms with Crippen molar-refractivity contribution in [2.45, 2.75) is 32.9 Å². The van der Waals surface area contributed by atoms with Crippen LogP contribution in [0.2, 0.25) is 0 Å². The van der Waals surface area contributed by atoms with Gasteiger partial charge in [0.15, 0.2) is 0 Å². The third-order valence-corrected chi connectivity index (χ3v) is 4.09. The van der Waals surface area contributed by atoms with E-state index < -0.39 is 0 Å². The van der Waals surface area contributed by atoms with Crippen LogP contribution in [0.4, 0.5) is 5.69 Å². The van der Waals surface area contributed by atoms with Crippen LogP contribution >= 0.6 is 0 Å². The smallest absolute Gasteiger partial charge is 0.238 e. The average Bonchev–Trinajstić information content (AvgIpc) is 2.55. The number of anilines is 1. The topological polar surface area (TPSA) is 73.9 Å². The number of benzene rings is 1. The summed E-state index contributed by atoms with van der Waals surface area (Å²) in [5.74, 6) is -0.229. The maximum absolute atomic E-state index is 12.2. The van der Waals surface area contributed by atoms with Crippen LogP contribution in [-0.2, 0) is 20.9 Å². The lowest BCUT2D eigenvalue weighted by Gasteiger charge is -2.26. The van der Waals surface area contributed by atoms with Gasteiger partial charge in [-0.3, -0.25) is 19.4 Å². The summed E-state index contributed by atoms with van der Waals surface area (Å²) >= 11 is 0. The van der Waals surface area contributed by atoms with Crippen molar-refractivity contribution < 1.29 is 14.3 Å². The largest absolute Gasteiger partial charge is 0.379 e. The highest BCUT2D eigenvalue weighted by Gasteiger charge is 2.16.